The van der Waals surface area contributed by atoms with E-state index >= 15 is 0 Å². The van der Waals surface area contributed by atoms with Crippen molar-refractivity contribution in [2.75, 3.05) is 11.5 Å². The summed E-state index contributed by atoms with van der Waals surface area (Å²) in [4.78, 5) is 21.7. The molecule has 3 aromatic heterocycles. The molecule has 0 saturated carbocycles. The lowest BCUT2D eigenvalue weighted by molar-refractivity contribution is 0.0933. The Hall–Kier alpha value is -3.60. The van der Waals surface area contributed by atoms with E-state index < -0.39 is 11.9 Å². The number of nitrogens with zero attached hydrogens (tertiary/aromatic N) is 6. The smallest absolute Gasteiger partial charge is 0.274 e. The molecule has 11 heteroatoms. The van der Waals surface area contributed by atoms with Crippen LogP contribution in [0.15, 0.2) is 36.5 Å². The van der Waals surface area contributed by atoms with E-state index in [0.717, 1.165) is 5.56 Å². The number of amides is 1. The van der Waals surface area contributed by atoms with Gasteiger partial charge in [0.1, 0.15) is 0 Å². The number of fused-ring (bicyclic) bond motifs is 1. The minimum absolute atomic E-state index is 0.0433. The van der Waals surface area contributed by atoms with Gasteiger partial charge in [-0.25, -0.2) is 9.97 Å². The number of nitrogens with one attached hydrogen (secondary N) is 1. The van der Waals surface area contributed by atoms with Gasteiger partial charge in [-0.1, -0.05) is 41.7 Å². The SMILES string of the molecule is C[C@@H](NC(=O)c1nc(-c2ccccc2)cnc1N)c1nnc2sc(N)nn12. The first-order valence-electron chi connectivity index (χ1n) is 7.99. The fourth-order valence-corrected chi connectivity index (χ4v) is 3.17. The molecule has 0 fully saturated rings. The summed E-state index contributed by atoms with van der Waals surface area (Å²) < 4.78 is 1.50. The Morgan fingerprint density at radius 2 is 2.00 bits per heavy atom. The van der Waals surface area contributed by atoms with Crippen molar-refractivity contribution in [2.24, 2.45) is 0 Å². The molecule has 3 heterocycles. The second-order valence-corrected chi connectivity index (χ2v) is 6.73. The number of hydrogen-bond donors (Lipinski definition) is 3. The van der Waals surface area contributed by atoms with Crippen LogP contribution in [0.5, 0.6) is 0 Å². The first-order valence-corrected chi connectivity index (χ1v) is 8.81. The molecule has 5 N–H and O–H groups in total. The molecule has 4 aromatic rings. The van der Waals surface area contributed by atoms with Crippen LogP contribution in [0.2, 0.25) is 0 Å². The van der Waals surface area contributed by atoms with Crippen LogP contribution < -0.4 is 16.8 Å². The number of hydrogen-bond acceptors (Lipinski definition) is 9. The molecule has 0 radical (unpaired) electrons. The number of anilines is 2. The summed E-state index contributed by atoms with van der Waals surface area (Å²) in [6, 6.07) is 8.93. The third kappa shape index (κ3) is 3.15. The molecule has 0 aliphatic heterocycles. The van der Waals surface area contributed by atoms with Crippen LogP contribution in [-0.4, -0.2) is 35.7 Å². The van der Waals surface area contributed by atoms with Crippen LogP contribution in [0.25, 0.3) is 16.2 Å². The normalized spacial score (nSPS) is 12.2. The second kappa shape index (κ2) is 6.61. The Morgan fingerprint density at radius 3 is 2.78 bits per heavy atom. The van der Waals surface area contributed by atoms with Gasteiger partial charge in [-0.3, -0.25) is 4.79 Å². The van der Waals surface area contributed by atoms with Crippen molar-refractivity contribution in [2.45, 2.75) is 13.0 Å². The van der Waals surface area contributed by atoms with Gasteiger partial charge in [0.2, 0.25) is 10.1 Å². The predicted molar refractivity (Wildman–Crippen MR) is 101 cm³/mol. The maximum absolute atomic E-state index is 12.7. The molecule has 1 amide bonds. The lowest BCUT2D eigenvalue weighted by atomic mass is 10.1. The van der Waals surface area contributed by atoms with Crippen LogP contribution in [0, 0.1) is 0 Å². The van der Waals surface area contributed by atoms with Crippen molar-refractivity contribution in [1.29, 1.82) is 0 Å². The first-order chi connectivity index (χ1) is 13.0. The largest absolute Gasteiger partial charge is 0.382 e. The Labute approximate surface area is 157 Å². The molecule has 136 valence electrons. The third-order valence-corrected chi connectivity index (χ3v) is 4.58. The minimum Gasteiger partial charge on any atom is -0.382 e. The fourth-order valence-electron chi connectivity index (χ4n) is 2.56. The van der Waals surface area contributed by atoms with Crippen molar-refractivity contribution in [3.63, 3.8) is 0 Å². The number of nitrogens with two attached hydrogens (primary N) is 2. The number of rotatable bonds is 4. The van der Waals surface area contributed by atoms with Gasteiger partial charge in [-0.2, -0.15) is 4.52 Å². The average Bonchev–Trinajstić information content (AvgIpc) is 3.21. The van der Waals surface area contributed by atoms with Crippen LogP contribution >= 0.6 is 11.3 Å². The van der Waals surface area contributed by atoms with Gasteiger partial charge in [-0.15, -0.1) is 15.3 Å². The van der Waals surface area contributed by atoms with E-state index in [1.807, 2.05) is 30.3 Å². The zero-order valence-electron chi connectivity index (χ0n) is 14.2. The van der Waals surface area contributed by atoms with E-state index in [2.05, 4.69) is 30.6 Å². The Bertz CT molecular complexity index is 1120. The zero-order chi connectivity index (χ0) is 19.0. The second-order valence-electron chi connectivity index (χ2n) is 5.74. The van der Waals surface area contributed by atoms with E-state index in [4.69, 9.17) is 11.5 Å². The maximum atomic E-state index is 12.7. The van der Waals surface area contributed by atoms with E-state index in [-0.39, 0.29) is 11.5 Å². The molecule has 27 heavy (non-hydrogen) atoms. The highest BCUT2D eigenvalue weighted by molar-refractivity contribution is 7.20. The number of nitrogen functional groups attached to an aromatic ring is 2. The number of benzene rings is 1. The van der Waals surface area contributed by atoms with Gasteiger partial charge in [0, 0.05) is 5.56 Å². The molecule has 4 rings (SSSR count). The van der Waals surface area contributed by atoms with Crippen LogP contribution in [-0.2, 0) is 0 Å². The highest BCUT2D eigenvalue weighted by atomic mass is 32.1. The summed E-state index contributed by atoms with van der Waals surface area (Å²) >= 11 is 1.21. The van der Waals surface area contributed by atoms with Crippen molar-refractivity contribution < 1.29 is 4.79 Å². The highest BCUT2D eigenvalue weighted by Crippen LogP contribution is 2.21. The topological polar surface area (TPSA) is 150 Å². The van der Waals surface area contributed by atoms with E-state index in [0.29, 0.717) is 21.6 Å². The van der Waals surface area contributed by atoms with E-state index in [9.17, 15) is 4.79 Å². The lowest BCUT2D eigenvalue weighted by Crippen LogP contribution is -2.30. The Morgan fingerprint density at radius 1 is 1.22 bits per heavy atom. The van der Waals surface area contributed by atoms with Crippen LogP contribution in [0.4, 0.5) is 10.9 Å². The van der Waals surface area contributed by atoms with Crippen molar-refractivity contribution in [1.82, 2.24) is 35.1 Å². The standard InChI is InChI=1S/C16H15N9OS/c1-8(13-22-23-16-25(13)24-15(18)27-16)20-14(26)11-12(17)19-7-10(21-11)9-5-3-2-4-6-9/h2-8H,1H3,(H2,17,19)(H2,18,24)(H,20,26)/t8-/m1/s1. The van der Waals surface area contributed by atoms with Gasteiger partial charge < -0.3 is 16.8 Å². The molecule has 0 unspecified atom stereocenters. The minimum atomic E-state index is -0.490. The lowest BCUT2D eigenvalue weighted by Gasteiger charge is -2.12. The monoisotopic (exact) mass is 381 g/mol. The summed E-state index contributed by atoms with van der Waals surface area (Å²) in [5.41, 5.74) is 13.0. The molecule has 1 atom stereocenters. The predicted octanol–water partition coefficient (Wildman–Crippen LogP) is 1.30. The van der Waals surface area contributed by atoms with Gasteiger partial charge in [-0.05, 0) is 6.92 Å². The summed E-state index contributed by atoms with van der Waals surface area (Å²) in [7, 11) is 0. The average molecular weight is 381 g/mol. The number of carbonyl (C=O) groups is 1. The van der Waals surface area contributed by atoms with E-state index in [1.54, 1.807) is 6.92 Å². The van der Waals surface area contributed by atoms with Crippen LogP contribution in [0.1, 0.15) is 29.3 Å². The van der Waals surface area contributed by atoms with Gasteiger partial charge in [0.25, 0.3) is 5.91 Å². The van der Waals surface area contributed by atoms with Crippen molar-refractivity contribution >= 4 is 33.2 Å². The van der Waals surface area contributed by atoms with Gasteiger partial charge >= 0.3 is 0 Å². The molecular formula is C16H15N9OS. The summed E-state index contributed by atoms with van der Waals surface area (Å²) in [5.74, 6) is 0.0333. The Kier molecular flexibility index (Phi) is 4.12. The molecule has 0 aliphatic rings. The van der Waals surface area contributed by atoms with Crippen LogP contribution in [0.3, 0.4) is 0 Å². The number of carbonyl (C=O) groups excluding carboxylic acids is 1. The van der Waals surface area contributed by atoms with Crippen molar-refractivity contribution in [3.05, 3.63) is 48.0 Å². The molecule has 0 saturated heterocycles. The van der Waals surface area contributed by atoms with Crippen molar-refractivity contribution in [3.8, 4) is 11.3 Å². The molecule has 0 spiro atoms. The maximum Gasteiger partial charge on any atom is 0.274 e. The fraction of sp³-hybridized carbons (Fsp3) is 0.125. The summed E-state index contributed by atoms with van der Waals surface area (Å²) in [6.45, 7) is 1.76. The molecule has 0 aliphatic carbocycles. The molecular weight excluding hydrogens is 366 g/mol. The van der Waals surface area contributed by atoms with Gasteiger partial charge in [0.05, 0.1) is 17.9 Å². The molecule has 0 bridgehead atoms. The highest BCUT2D eigenvalue weighted by Gasteiger charge is 2.22. The number of aromatic nitrogens is 6. The Balaban J connectivity index is 1.61. The molecule has 1 aromatic carbocycles. The summed E-state index contributed by atoms with van der Waals surface area (Å²) in [6.07, 6.45) is 1.53. The summed E-state index contributed by atoms with van der Waals surface area (Å²) in [5, 5.41) is 15.3. The van der Waals surface area contributed by atoms with Gasteiger partial charge in [0.15, 0.2) is 17.3 Å². The first kappa shape index (κ1) is 16.8. The molecule has 10 nitrogen and oxygen atoms in total. The zero-order valence-corrected chi connectivity index (χ0v) is 15.0. The van der Waals surface area contributed by atoms with E-state index in [1.165, 1.54) is 22.0 Å². The quantitative estimate of drug-likeness (QED) is 0.478. The third-order valence-electron chi connectivity index (χ3n) is 3.85.